The highest BCUT2D eigenvalue weighted by molar-refractivity contribution is 5.94. The highest BCUT2D eigenvalue weighted by Gasteiger charge is 2.25. The van der Waals surface area contributed by atoms with Crippen LogP contribution in [-0.2, 0) is 0 Å². The minimum Gasteiger partial charge on any atom is -0.490 e. The SMILES string of the molecule is O=C(NCC1CNCC1O)c1ccc2c(c1)OCCCO2. The van der Waals surface area contributed by atoms with Gasteiger partial charge in [-0.25, -0.2) is 0 Å². The summed E-state index contributed by atoms with van der Waals surface area (Å²) >= 11 is 0. The molecule has 1 aromatic carbocycles. The molecule has 2 aliphatic heterocycles. The van der Waals surface area contributed by atoms with E-state index in [2.05, 4.69) is 10.6 Å². The summed E-state index contributed by atoms with van der Waals surface area (Å²) in [5.41, 5.74) is 0.541. The number of carbonyl (C=O) groups is 1. The molecule has 3 rings (SSSR count). The molecule has 2 heterocycles. The molecule has 0 saturated carbocycles. The number of carbonyl (C=O) groups excluding carboxylic acids is 1. The summed E-state index contributed by atoms with van der Waals surface area (Å²) in [7, 11) is 0. The van der Waals surface area contributed by atoms with E-state index >= 15 is 0 Å². The Morgan fingerprint density at radius 2 is 2.10 bits per heavy atom. The molecule has 1 saturated heterocycles. The van der Waals surface area contributed by atoms with Gasteiger partial charge in [0, 0.05) is 37.5 Å². The van der Waals surface area contributed by atoms with E-state index in [4.69, 9.17) is 9.47 Å². The second kappa shape index (κ2) is 6.32. The van der Waals surface area contributed by atoms with Gasteiger partial charge < -0.3 is 25.2 Å². The Balaban J connectivity index is 1.63. The van der Waals surface area contributed by atoms with Gasteiger partial charge in [0.05, 0.1) is 19.3 Å². The molecule has 0 spiro atoms. The van der Waals surface area contributed by atoms with Crippen LogP contribution in [0, 0.1) is 5.92 Å². The topological polar surface area (TPSA) is 79.8 Å². The normalized spacial score (nSPS) is 24.4. The number of β-amino-alcohol motifs (C(OH)–C–C–N with tert-alkyl or cyclic N) is 1. The standard InChI is InChI=1S/C15H20N2O4/c18-12-9-16-7-11(12)8-17-15(19)10-2-3-13-14(6-10)21-5-1-4-20-13/h2-3,6,11-12,16,18H,1,4-5,7-9H2,(H,17,19). The van der Waals surface area contributed by atoms with Gasteiger partial charge in [-0.15, -0.1) is 0 Å². The number of hydrogen-bond acceptors (Lipinski definition) is 5. The number of amides is 1. The maximum Gasteiger partial charge on any atom is 0.251 e. The highest BCUT2D eigenvalue weighted by atomic mass is 16.5. The van der Waals surface area contributed by atoms with Crippen molar-refractivity contribution in [1.82, 2.24) is 10.6 Å². The summed E-state index contributed by atoms with van der Waals surface area (Å²) in [6, 6.07) is 5.20. The number of fused-ring (bicyclic) bond motifs is 1. The number of aliphatic hydroxyl groups is 1. The van der Waals surface area contributed by atoms with Gasteiger partial charge in [0.15, 0.2) is 11.5 Å². The van der Waals surface area contributed by atoms with E-state index in [9.17, 15) is 9.90 Å². The molecule has 1 amide bonds. The lowest BCUT2D eigenvalue weighted by atomic mass is 10.1. The Morgan fingerprint density at radius 3 is 2.86 bits per heavy atom. The zero-order valence-corrected chi connectivity index (χ0v) is 11.8. The van der Waals surface area contributed by atoms with Crippen LogP contribution in [0.15, 0.2) is 18.2 Å². The van der Waals surface area contributed by atoms with Crippen LogP contribution in [0.5, 0.6) is 11.5 Å². The van der Waals surface area contributed by atoms with Crippen LogP contribution in [0.4, 0.5) is 0 Å². The van der Waals surface area contributed by atoms with Gasteiger partial charge in [-0.2, -0.15) is 0 Å². The molecule has 3 N–H and O–H groups in total. The molecule has 0 aromatic heterocycles. The molecule has 1 aromatic rings. The number of benzene rings is 1. The maximum atomic E-state index is 12.2. The molecular formula is C15H20N2O4. The van der Waals surface area contributed by atoms with Crippen molar-refractivity contribution < 1.29 is 19.4 Å². The summed E-state index contributed by atoms with van der Waals surface area (Å²) < 4.78 is 11.1. The number of rotatable bonds is 3. The van der Waals surface area contributed by atoms with Crippen molar-refractivity contribution in [2.24, 2.45) is 5.92 Å². The average molecular weight is 292 g/mol. The summed E-state index contributed by atoms with van der Waals surface area (Å²) in [5, 5.41) is 15.7. The van der Waals surface area contributed by atoms with E-state index in [1.807, 2.05) is 0 Å². The molecule has 0 bridgehead atoms. The van der Waals surface area contributed by atoms with E-state index in [0.29, 0.717) is 43.4 Å². The number of nitrogens with one attached hydrogen (secondary N) is 2. The highest BCUT2D eigenvalue weighted by Crippen LogP contribution is 2.30. The van der Waals surface area contributed by atoms with Gasteiger partial charge in [-0.3, -0.25) is 4.79 Å². The lowest BCUT2D eigenvalue weighted by Gasteiger charge is -2.14. The molecule has 114 valence electrons. The second-order valence-electron chi connectivity index (χ2n) is 5.41. The smallest absolute Gasteiger partial charge is 0.251 e. The minimum absolute atomic E-state index is 0.0642. The third-order valence-corrected chi connectivity index (χ3v) is 3.84. The first-order valence-electron chi connectivity index (χ1n) is 7.30. The number of aliphatic hydroxyl groups excluding tert-OH is 1. The van der Waals surface area contributed by atoms with E-state index in [-0.39, 0.29) is 11.8 Å². The molecule has 2 aliphatic rings. The number of hydrogen-bond donors (Lipinski definition) is 3. The molecular weight excluding hydrogens is 272 g/mol. The maximum absolute atomic E-state index is 12.2. The van der Waals surface area contributed by atoms with Gasteiger partial charge >= 0.3 is 0 Å². The number of ether oxygens (including phenoxy) is 2. The van der Waals surface area contributed by atoms with E-state index in [0.717, 1.165) is 13.0 Å². The molecule has 0 aliphatic carbocycles. The van der Waals surface area contributed by atoms with Crippen LogP contribution in [-0.4, -0.2) is 50.0 Å². The van der Waals surface area contributed by atoms with Crippen molar-refractivity contribution in [2.75, 3.05) is 32.8 Å². The van der Waals surface area contributed by atoms with Crippen molar-refractivity contribution in [2.45, 2.75) is 12.5 Å². The summed E-state index contributed by atoms with van der Waals surface area (Å²) in [5.74, 6) is 1.20. The molecule has 2 atom stereocenters. The first kappa shape index (κ1) is 14.2. The fourth-order valence-corrected chi connectivity index (χ4v) is 2.56. The largest absolute Gasteiger partial charge is 0.490 e. The third-order valence-electron chi connectivity index (χ3n) is 3.84. The van der Waals surface area contributed by atoms with Crippen LogP contribution in [0.3, 0.4) is 0 Å². The summed E-state index contributed by atoms with van der Waals surface area (Å²) in [6.07, 6.45) is 0.442. The molecule has 6 heteroatoms. The monoisotopic (exact) mass is 292 g/mol. The van der Waals surface area contributed by atoms with Crippen molar-refractivity contribution in [3.63, 3.8) is 0 Å². The lowest BCUT2D eigenvalue weighted by molar-refractivity contribution is 0.0926. The van der Waals surface area contributed by atoms with Gasteiger partial charge in [-0.05, 0) is 18.2 Å². The minimum atomic E-state index is -0.394. The van der Waals surface area contributed by atoms with Gasteiger partial charge in [0.2, 0.25) is 0 Å². The van der Waals surface area contributed by atoms with E-state index < -0.39 is 6.10 Å². The van der Waals surface area contributed by atoms with E-state index in [1.165, 1.54) is 0 Å². The zero-order chi connectivity index (χ0) is 14.7. The van der Waals surface area contributed by atoms with Crippen molar-refractivity contribution >= 4 is 5.91 Å². The molecule has 1 fully saturated rings. The first-order chi connectivity index (χ1) is 10.2. The Hall–Kier alpha value is -1.79. The fraction of sp³-hybridized carbons (Fsp3) is 0.533. The first-order valence-corrected chi connectivity index (χ1v) is 7.30. The summed E-state index contributed by atoms with van der Waals surface area (Å²) in [6.45, 7) is 3.00. The Bertz CT molecular complexity index is 520. The van der Waals surface area contributed by atoms with Crippen molar-refractivity contribution in [3.8, 4) is 11.5 Å². The quantitative estimate of drug-likeness (QED) is 0.739. The average Bonchev–Trinajstić information content (AvgIpc) is 2.76. The van der Waals surface area contributed by atoms with Crippen LogP contribution in [0.2, 0.25) is 0 Å². The molecule has 2 unspecified atom stereocenters. The lowest BCUT2D eigenvalue weighted by Crippen LogP contribution is -2.34. The van der Waals surface area contributed by atoms with E-state index in [1.54, 1.807) is 18.2 Å². The zero-order valence-electron chi connectivity index (χ0n) is 11.8. The Labute approximate surface area is 123 Å². The fourth-order valence-electron chi connectivity index (χ4n) is 2.56. The van der Waals surface area contributed by atoms with Crippen LogP contribution in [0.1, 0.15) is 16.8 Å². The van der Waals surface area contributed by atoms with Gasteiger partial charge in [0.1, 0.15) is 0 Å². The Kier molecular flexibility index (Phi) is 4.26. The molecule has 6 nitrogen and oxygen atoms in total. The third kappa shape index (κ3) is 3.28. The molecule has 21 heavy (non-hydrogen) atoms. The van der Waals surface area contributed by atoms with Crippen molar-refractivity contribution in [3.05, 3.63) is 23.8 Å². The predicted octanol–water partition coefficient (Wildman–Crippen LogP) is 0.158. The van der Waals surface area contributed by atoms with Crippen molar-refractivity contribution in [1.29, 1.82) is 0 Å². The van der Waals surface area contributed by atoms with Gasteiger partial charge in [-0.1, -0.05) is 0 Å². The van der Waals surface area contributed by atoms with Crippen LogP contribution < -0.4 is 20.1 Å². The predicted molar refractivity (Wildman–Crippen MR) is 76.7 cm³/mol. The second-order valence-corrected chi connectivity index (χ2v) is 5.41. The van der Waals surface area contributed by atoms with Gasteiger partial charge in [0.25, 0.3) is 5.91 Å². The Morgan fingerprint density at radius 1 is 1.29 bits per heavy atom. The van der Waals surface area contributed by atoms with Crippen LogP contribution >= 0.6 is 0 Å². The van der Waals surface area contributed by atoms with Crippen LogP contribution in [0.25, 0.3) is 0 Å². The summed E-state index contributed by atoms with van der Waals surface area (Å²) in [4.78, 5) is 12.2. The molecule has 0 radical (unpaired) electrons.